The largest absolute Gasteiger partial charge is 0.147 e. The van der Waals surface area contributed by atoms with Crippen LogP contribution in [0.25, 0.3) is 0 Å². The van der Waals surface area contributed by atoms with Crippen molar-refractivity contribution in [3.05, 3.63) is 0 Å². The highest BCUT2D eigenvalue weighted by molar-refractivity contribution is 7.16. The van der Waals surface area contributed by atoms with Crippen LogP contribution in [0.4, 0.5) is 0 Å². The maximum absolute atomic E-state index is 4.05. The van der Waals surface area contributed by atoms with Gasteiger partial charge in [-0.3, -0.25) is 0 Å². The van der Waals surface area contributed by atoms with Crippen LogP contribution in [0.3, 0.4) is 0 Å². The second kappa shape index (κ2) is 9.87. The van der Waals surface area contributed by atoms with Crippen molar-refractivity contribution < 1.29 is 0 Å². The van der Waals surface area contributed by atoms with E-state index in [0.717, 1.165) is 6.16 Å². The second-order valence-electron chi connectivity index (χ2n) is 1.43. The molecule has 0 saturated carbocycles. The Morgan fingerprint density at radius 2 is 1.86 bits per heavy atom. The van der Waals surface area contributed by atoms with Crippen molar-refractivity contribution in [1.29, 1.82) is 0 Å². The smallest absolute Gasteiger partial charge is 0.0242 e. The Labute approximate surface area is 54.7 Å². The van der Waals surface area contributed by atoms with Crippen LogP contribution in [-0.2, 0) is 0 Å². The lowest BCUT2D eigenvalue weighted by molar-refractivity contribution is 0.779. The summed E-state index contributed by atoms with van der Waals surface area (Å²) < 4.78 is 0. The van der Waals surface area contributed by atoms with Gasteiger partial charge in [-0.2, -0.15) is 0 Å². The van der Waals surface area contributed by atoms with E-state index < -0.39 is 0 Å². The lowest BCUT2D eigenvalue weighted by Gasteiger charge is -1.85. The van der Waals surface area contributed by atoms with Gasteiger partial charge in [0.05, 0.1) is 0 Å². The topological polar surface area (TPSA) is 0 Å². The first-order valence-electron chi connectivity index (χ1n) is 2.52. The highest BCUT2D eigenvalue weighted by Gasteiger charge is 1.76. The van der Waals surface area contributed by atoms with Gasteiger partial charge in [-0.25, -0.2) is 0 Å². The Bertz CT molecular complexity index is 20.0. The Balaban J connectivity index is 0. The molecule has 2 heteroatoms. The zero-order valence-electron chi connectivity index (χ0n) is 4.68. The second-order valence-corrected chi connectivity index (χ2v) is 1.88. The molecule has 0 aromatic carbocycles. The van der Waals surface area contributed by atoms with Crippen molar-refractivity contribution in [3.8, 4) is 0 Å². The predicted octanol–water partition coefficient (Wildman–Crippen LogP) is 3.01. The Kier molecular flexibility index (Phi) is 15.0. The molecule has 0 heterocycles. The van der Waals surface area contributed by atoms with E-state index in [4.69, 9.17) is 0 Å². The number of halogens is 1. The fourth-order valence-corrected chi connectivity index (χ4v) is 0.585. The summed E-state index contributed by atoms with van der Waals surface area (Å²) in [5.74, 6) is 0. The first-order chi connectivity index (χ1) is 2.91. The van der Waals surface area contributed by atoms with Crippen molar-refractivity contribution in [2.45, 2.75) is 26.2 Å². The molecule has 0 fully saturated rings. The molecule has 0 aliphatic carbocycles. The Morgan fingerprint density at radius 1 is 1.29 bits per heavy atom. The maximum atomic E-state index is 4.05. The zero-order valence-corrected chi connectivity index (χ0v) is 6.39. The number of rotatable bonds is 3. The summed E-state index contributed by atoms with van der Waals surface area (Å²) in [6.45, 7) is 2.20. The van der Waals surface area contributed by atoms with Crippen molar-refractivity contribution in [1.82, 2.24) is 0 Å². The summed E-state index contributed by atoms with van der Waals surface area (Å²) in [4.78, 5) is 0. The van der Waals surface area contributed by atoms with E-state index in [9.17, 15) is 0 Å². The summed E-state index contributed by atoms with van der Waals surface area (Å²) in [6, 6.07) is 0. The summed E-state index contributed by atoms with van der Waals surface area (Å²) in [5, 5.41) is 0. The van der Waals surface area contributed by atoms with Gasteiger partial charge < -0.3 is 0 Å². The van der Waals surface area contributed by atoms with E-state index in [2.05, 4.69) is 16.2 Å². The van der Waals surface area contributed by atoms with Crippen LogP contribution < -0.4 is 0 Å². The van der Waals surface area contributed by atoms with Gasteiger partial charge in [0, 0.05) is 0 Å². The molecule has 0 unspecified atom stereocenters. The molecule has 0 aromatic heterocycles. The highest BCUT2D eigenvalue weighted by Crippen LogP contribution is 1.95. The molecule has 44 valence electrons. The molecular weight excluding hydrogens is 126 g/mol. The fraction of sp³-hybridized carbons (Fsp3) is 1.00. The number of hydrogen-bond donors (Lipinski definition) is 0. The molecule has 0 aromatic rings. The summed E-state index contributed by atoms with van der Waals surface area (Å²) in [5.41, 5.74) is 0. The molecule has 0 rings (SSSR count). The van der Waals surface area contributed by atoms with Gasteiger partial charge in [0.15, 0.2) is 0 Å². The van der Waals surface area contributed by atoms with E-state index >= 15 is 0 Å². The third kappa shape index (κ3) is 10.8. The van der Waals surface area contributed by atoms with Crippen molar-refractivity contribution in [3.63, 3.8) is 0 Å². The Morgan fingerprint density at radius 3 is 2.00 bits per heavy atom. The predicted molar refractivity (Wildman–Crippen MR) is 38.6 cm³/mol. The third-order valence-corrected chi connectivity index (χ3v) is 1.08. The zero-order chi connectivity index (χ0) is 4.83. The van der Waals surface area contributed by atoms with Crippen molar-refractivity contribution in [2.24, 2.45) is 0 Å². The normalized spacial score (nSPS) is 7.71. The van der Waals surface area contributed by atoms with E-state index in [1.54, 1.807) is 0 Å². The van der Waals surface area contributed by atoms with E-state index in [-0.39, 0.29) is 12.4 Å². The van der Waals surface area contributed by atoms with Crippen molar-refractivity contribution in [2.75, 3.05) is 6.16 Å². The van der Waals surface area contributed by atoms with Gasteiger partial charge >= 0.3 is 0 Å². The van der Waals surface area contributed by atoms with Crippen LogP contribution in [0.1, 0.15) is 26.2 Å². The molecule has 2 radical (unpaired) electrons. The van der Waals surface area contributed by atoms with Gasteiger partial charge in [-0.05, 0) is 21.8 Å². The van der Waals surface area contributed by atoms with Crippen molar-refractivity contribution >= 4 is 21.6 Å². The van der Waals surface area contributed by atoms with Gasteiger partial charge in [-0.1, -0.05) is 19.8 Å². The highest BCUT2D eigenvalue weighted by atomic mass is 35.5. The molecule has 0 saturated heterocycles. The summed E-state index contributed by atoms with van der Waals surface area (Å²) >= 11 is 0. The van der Waals surface area contributed by atoms with Crippen LogP contribution >= 0.6 is 21.6 Å². The first kappa shape index (κ1) is 10.7. The fourth-order valence-electron chi connectivity index (χ4n) is 0.362. The van der Waals surface area contributed by atoms with Crippen LogP contribution in [0.15, 0.2) is 0 Å². The molecule has 0 amide bonds. The van der Waals surface area contributed by atoms with Gasteiger partial charge in [0.1, 0.15) is 0 Å². The molecule has 0 aliphatic heterocycles. The SMILES string of the molecule is CCCCC[P].Cl. The average molecular weight is 139 g/mol. The molecule has 0 aliphatic rings. The minimum Gasteiger partial charge on any atom is -0.147 e. The first-order valence-corrected chi connectivity index (χ1v) is 3.16. The molecule has 0 bridgehead atoms. The minimum absolute atomic E-state index is 0. The number of unbranched alkanes of at least 4 members (excludes halogenated alkanes) is 2. The van der Waals surface area contributed by atoms with Crippen LogP contribution in [0.2, 0.25) is 0 Å². The summed E-state index contributed by atoms with van der Waals surface area (Å²) in [7, 11) is 4.05. The maximum Gasteiger partial charge on any atom is -0.0242 e. The third-order valence-electron chi connectivity index (χ3n) is 0.762. The molecule has 0 nitrogen and oxygen atoms in total. The average Bonchev–Trinajstić information content (AvgIpc) is 1.61. The van der Waals surface area contributed by atoms with Gasteiger partial charge in [0.2, 0.25) is 0 Å². The number of hydrogen-bond acceptors (Lipinski definition) is 0. The van der Waals surface area contributed by atoms with Crippen LogP contribution in [0, 0.1) is 0 Å². The quantitative estimate of drug-likeness (QED) is 0.416. The monoisotopic (exact) mass is 138 g/mol. The lowest BCUT2D eigenvalue weighted by Crippen LogP contribution is -1.70. The molecule has 7 heavy (non-hydrogen) atoms. The summed E-state index contributed by atoms with van der Waals surface area (Å²) in [6.07, 6.45) is 4.97. The molecule has 0 atom stereocenters. The minimum atomic E-state index is 0. The lowest BCUT2D eigenvalue weighted by atomic mass is 10.3. The van der Waals surface area contributed by atoms with Crippen LogP contribution in [-0.4, -0.2) is 6.16 Å². The van der Waals surface area contributed by atoms with Gasteiger partial charge in [0.25, 0.3) is 0 Å². The van der Waals surface area contributed by atoms with E-state index in [1.165, 1.54) is 19.3 Å². The van der Waals surface area contributed by atoms with Crippen LogP contribution in [0.5, 0.6) is 0 Å². The van der Waals surface area contributed by atoms with E-state index in [1.807, 2.05) is 0 Å². The van der Waals surface area contributed by atoms with Gasteiger partial charge in [-0.15, -0.1) is 12.4 Å². The molecule has 0 N–H and O–H groups in total. The standard InChI is InChI=1S/C5H11P.ClH/c1-2-3-4-5-6;/h2-5H2,1H3;1H. The molecule has 0 spiro atoms. The molecular formula is C5H12ClP. The Hall–Kier alpha value is 0.720. The van der Waals surface area contributed by atoms with E-state index in [0.29, 0.717) is 0 Å².